The van der Waals surface area contributed by atoms with Crippen molar-refractivity contribution in [3.05, 3.63) is 70.8 Å². The number of aryl methyl sites for hydroxylation is 1. The predicted octanol–water partition coefficient (Wildman–Crippen LogP) is 2.66. The minimum atomic E-state index is 0.849. The molecule has 0 saturated heterocycles. The predicted molar refractivity (Wildman–Crippen MR) is 78.4 cm³/mol. The van der Waals surface area contributed by atoms with Gasteiger partial charge in [-0.25, -0.2) is 0 Å². The lowest BCUT2D eigenvalue weighted by molar-refractivity contribution is 0.879. The van der Waals surface area contributed by atoms with E-state index in [1.807, 2.05) is 55.6 Å². The second-order valence-electron chi connectivity index (χ2n) is 4.14. The highest BCUT2D eigenvalue weighted by atomic mass is 32.1. The molecule has 0 fully saturated rings. The Hall–Kier alpha value is -2.20. The third kappa shape index (κ3) is 2.48. The molecule has 0 aliphatic rings. The summed E-state index contributed by atoms with van der Waals surface area (Å²) >= 11 is 1.64. The van der Waals surface area contributed by atoms with Crippen molar-refractivity contribution in [2.24, 2.45) is 17.3 Å². The van der Waals surface area contributed by atoms with Gasteiger partial charge in [-0.15, -0.1) is 10.2 Å². The van der Waals surface area contributed by atoms with E-state index in [4.69, 9.17) is 0 Å². The van der Waals surface area contributed by atoms with E-state index in [1.54, 1.807) is 11.3 Å². The zero-order valence-electron chi connectivity index (χ0n) is 10.5. The minimum Gasteiger partial charge on any atom is -0.318 e. The lowest BCUT2D eigenvalue weighted by Gasteiger charge is -1.92. The number of rotatable bonds is 1. The molecule has 0 aliphatic heterocycles. The largest absolute Gasteiger partial charge is 0.318 e. The molecule has 19 heavy (non-hydrogen) atoms. The van der Waals surface area contributed by atoms with Crippen LogP contribution >= 0.6 is 11.3 Å². The molecule has 4 heteroatoms. The number of fused-ring (bicyclic) bond motifs is 1. The van der Waals surface area contributed by atoms with Crippen molar-refractivity contribution < 1.29 is 0 Å². The van der Waals surface area contributed by atoms with E-state index in [0.717, 1.165) is 10.2 Å². The molecule has 0 amide bonds. The van der Waals surface area contributed by atoms with E-state index in [1.165, 1.54) is 10.2 Å². The smallest absolute Gasteiger partial charge is 0.211 e. The van der Waals surface area contributed by atoms with E-state index >= 15 is 0 Å². The maximum absolute atomic E-state index is 4.35. The molecule has 0 unspecified atom stereocenters. The van der Waals surface area contributed by atoms with Gasteiger partial charge in [-0.05, 0) is 24.3 Å². The molecule has 0 N–H and O–H groups in total. The highest BCUT2D eigenvalue weighted by Crippen LogP contribution is 2.14. The fourth-order valence-corrected chi connectivity index (χ4v) is 2.81. The molecule has 0 bridgehead atoms. The first-order valence-electron chi connectivity index (χ1n) is 6.02. The van der Waals surface area contributed by atoms with E-state index in [0.29, 0.717) is 0 Å². The molecule has 3 nitrogen and oxygen atoms in total. The van der Waals surface area contributed by atoms with Crippen LogP contribution in [0.3, 0.4) is 0 Å². The van der Waals surface area contributed by atoms with Crippen molar-refractivity contribution in [1.82, 2.24) is 4.57 Å². The number of hydrogen-bond acceptors (Lipinski definition) is 3. The number of thiazole rings is 1. The summed E-state index contributed by atoms with van der Waals surface area (Å²) in [5, 5.41) is 9.48. The molecule has 3 aromatic rings. The highest BCUT2D eigenvalue weighted by molar-refractivity contribution is 7.16. The lowest BCUT2D eigenvalue weighted by atomic mass is 10.3. The van der Waals surface area contributed by atoms with Crippen molar-refractivity contribution in [1.29, 1.82) is 0 Å². The SMILES string of the molecule is Cn1/c(=N/N=c2cccccc2)sc2ccccc21. The Morgan fingerprint density at radius 1 is 0.842 bits per heavy atom. The Balaban J connectivity index is 2.18. The fraction of sp³-hybridized carbons (Fsp3) is 0.0667. The summed E-state index contributed by atoms with van der Waals surface area (Å²) in [4.78, 5) is 0.896. The molecule has 0 aliphatic carbocycles. The zero-order chi connectivity index (χ0) is 13.1. The zero-order valence-corrected chi connectivity index (χ0v) is 11.3. The van der Waals surface area contributed by atoms with Crippen LogP contribution in [0, 0.1) is 0 Å². The summed E-state index contributed by atoms with van der Waals surface area (Å²) in [6.45, 7) is 0. The molecular formula is C15H13N3S. The van der Waals surface area contributed by atoms with Crippen LogP contribution in [0.5, 0.6) is 0 Å². The Morgan fingerprint density at radius 3 is 2.26 bits per heavy atom. The van der Waals surface area contributed by atoms with Crippen molar-refractivity contribution >= 4 is 21.6 Å². The summed E-state index contributed by atoms with van der Waals surface area (Å²) in [7, 11) is 2.01. The average molecular weight is 267 g/mol. The van der Waals surface area contributed by atoms with Gasteiger partial charge >= 0.3 is 0 Å². The number of nitrogens with zero attached hydrogens (tertiary/aromatic N) is 3. The third-order valence-electron chi connectivity index (χ3n) is 2.83. The van der Waals surface area contributed by atoms with Crippen LogP contribution in [-0.4, -0.2) is 4.57 Å². The highest BCUT2D eigenvalue weighted by Gasteiger charge is 2.00. The van der Waals surface area contributed by atoms with Crippen molar-refractivity contribution in [3.8, 4) is 0 Å². The lowest BCUT2D eigenvalue weighted by Crippen LogP contribution is -2.10. The first-order chi connectivity index (χ1) is 9.34. The van der Waals surface area contributed by atoms with Gasteiger partial charge in [0, 0.05) is 7.05 Å². The van der Waals surface area contributed by atoms with E-state index in [9.17, 15) is 0 Å². The van der Waals surface area contributed by atoms with E-state index < -0.39 is 0 Å². The van der Waals surface area contributed by atoms with Crippen LogP contribution in [0.1, 0.15) is 0 Å². The Morgan fingerprint density at radius 2 is 1.53 bits per heavy atom. The molecule has 1 heterocycles. The standard InChI is InChI=1S/C15H13N3S/c1-18-13-10-6-7-11-14(13)19-15(18)17-16-12-8-4-2-3-5-9-12/h2-11H,1H3/b17-15-. The first-order valence-corrected chi connectivity index (χ1v) is 6.84. The van der Waals surface area contributed by atoms with Crippen LogP contribution in [-0.2, 0) is 7.05 Å². The van der Waals surface area contributed by atoms with Gasteiger partial charge in [0.05, 0.1) is 15.6 Å². The second-order valence-corrected chi connectivity index (χ2v) is 5.15. The molecule has 0 atom stereocenters. The summed E-state index contributed by atoms with van der Waals surface area (Å²) in [6, 6.07) is 20.0. The van der Waals surface area contributed by atoms with Gasteiger partial charge in [-0.1, -0.05) is 47.7 Å². The molecule has 3 rings (SSSR count). The molecule has 1 aromatic heterocycles. The molecular weight excluding hydrogens is 254 g/mol. The summed E-state index contributed by atoms with van der Waals surface area (Å²) < 4.78 is 3.28. The van der Waals surface area contributed by atoms with Gasteiger partial charge in [-0.3, -0.25) is 0 Å². The van der Waals surface area contributed by atoms with E-state index in [-0.39, 0.29) is 0 Å². The van der Waals surface area contributed by atoms with Crippen LogP contribution in [0.15, 0.2) is 70.9 Å². The van der Waals surface area contributed by atoms with Crippen molar-refractivity contribution in [3.63, 3.8) is 0 Å². The van der Waals surface area contributed by atoms with Gasteiger partial charge in [0.15, 0.2) is 0 Å². The second kappa shape index (κ2) is 5.20. The summed E-state index contributed by atoms with van der Waals surface area (Å²) in [5.41, 5.74) is 1.18. The van der Waals surface area contributed by atoms with Gasteiger partial charge in [0.25, 0.3) is 0 Å². The van der Waals surface area contributed by atoms with Crippen LogP contribution < -0.4 is 10.2 Å². The van der Waals surface area contributed by atoms with Gasteiger partial charge in [0.2, 0.25) is 4.80 Å². The monoisotopic (exact) mass is 267 g/mol. The van der Waals surface area contributed by atoms with Crippen LogP contribution in [0.25, 0.3) is 10.2 Å². The molecule has 0 spiro atoms. The van der Waals surface area contributed by atoms with E-state index in [2.05, 4.69) is 26.9 Å². The number of aromatic nitrogens is 1. The van der Waals surface area contributed by atoms with Gasteiger partial charge in [0.1, 0.15) is 0 Å². The first kappa shape index (κ1) is 11.9. The maximum Gasteiger partial charge on any atom is 0.211 e. The van der Waals surface area contributed by atoms with Crippen LogP contribution in [0.4, 0.5) is 0 Å². The molecule has 2 aromatic carbocycles. The topological polar surface area (TPSA) is 29.6 Å². The van der Waals surface area contributed by atoms with Crippen LogP contribution in [0.2, 0.25) is 0 Å². The quantitative estimate of drug-likeness (QED) is 0.607. The fourth-order valence-electron chi connectivity index (χ4n) is 1.84. The molecule has 0 radical (unpaired) electrons. The van der Waals surface area contributed by atoms with Crippen molar-refractivity contribution in [2.45, 2.75) is 0 Å². The Kier molecular flexibility index (Phi) is 3.25. The Labute approximate surface area is 114 Å². The minimum absolute atomic E-state index is 0.849. The molecule has 94 valence electrons. The Bertz CT molecular complexity index is 821. The van der Waals surface area contributed by atoms with Gasteiger partial charge in [-0.2, -0.15) is 0 Å². The average Bonchev–Trinajstić information content (AvgIpc) is 2.63. The molecule has 0 saturated carbocycles. The van der Waals surface area contributed by atoms with Crippen molar-refractivity contribution in [2.75, 3.05) is 0 Å². The number of para-hydroxylation sites is 1. The van der Waals surface area contributed by atoms with Gasteiger partial charge < -0.3 is 4.57 Å². The maximum atomic E-state index is 4.35. The number of hydrogen-bond donors (Lipinski definition) is 0. The number of benzene rings is 1. The summed E-state index contributed by atoms with van der Waals surface area (Å²) in [6.07, 6.45) is 0. The normalized spacial score (nSPS) is 11.7. The third-order valence-corrected chi connectivity index (χ3v) is 3.94. The summed E-state index contributed by atoms with van der Waals surface area (Å²) in [5.74, 6) is 0.